The minimum atomic E-state index is 0.504. The van der Waals surface area contributed by atoms with Crippen LogP contribution in [-0.2, 0) is 13.1 Å². The van der Waals surface area contributed by atoms with Gasteiger partial charge >= 0.3 is 0 Å². The molecule has 2 N–H and O–H groups in total. The van der Waals surface area contributed by atoms with Crippen molar-refractivity contribution in [3.8, 4) is 5.75 Å². The Kier molecular flexibility index (Phi) is 3.86. The van der Waals surface area contributed by atoms with Gasteiger partial charge in [0.15, 0.2) is 0 Å². The first-order valence-corrected chi connectivity index (χ1v) is 7.20. The van der Waals surface area contributed by atoms with Crippen LogP contribution in [0.2, 0.25) is 5.02 Å². The summed E-state index contributed by atoms with van der Waals surface area (Å²) >= 11 is 6.34. The quantitative estimate of drug-likeness (QED) is 0.796. The van der Waals surface area contributed by atoms with E-state index in [2.05, 4.69) is 22.9 Å². The van der Waals surface area contributed by atoms with Crippen LogP contribution in [0.25, 0.3) is 10.9 Å². The number of fused-ring (bicyclic) bond motifs is 1. The van der Waals surface area contributed by atoms with Gasteiger partial charge in [-0.05, 0) is 35.4 Å². The molecule has 0 radical (unpaired) electrons. The fourth-order valence-electron chi connectivity index (χ4n) is 2.54. The monoisotopic (exact) mass is 300 g/mol. The molecule has 0 saturated carbocycles. The molecule has 1 heterocycles. The SMILES string of the molecule is COc1cccc2c1ccn2Cc1ccc(CN)cc1Cl. The van der Waals surface area contributed by atoms with Gasteiger partial charge in [0.2, 0.25) is 0 Å². The number of nitrogens with two attached hydrogens (primary N) is 1. The van der Waals surface area contributed by atoms with Crippen molar-refractivity contribution < 1.29 is 4.74 Å². The molecule has 3 nitrogen and oxygen atoms in total. The molecule has 3 aromatic rings. The molecule has 4 heteroatoms. The Morgan fingerprint density at radius 1 is 1.19 bits per heavy atom. The summed E-state index contributed by atoms with van der Waals surface area (Å²) in [6, 6.07) is 14.1. The maximum atomic E-state index is 6.34. The molecule has 0 amide bonds. The molecule has 21 heavy (non-hydrogen) atoms. The molecule has 1 aromatic heterocycles. The highest BCUT2D eigenvalue weighted by molar-refractivity contribution is 6.31. The number of nitrogens with zero attached hydrogens (tertiary/aromatic N) is 1. The molecule has 3 rings (SSSR count). The maximum Gasteiger partial charge on any atom is 0.128 e. The first-order valence-electron chi connectivity index (χ1n) is 6.82. The van der Waals surface area contributed by atoms with Crippen LogP contribution >= 0.6 is 11.6 Å². The second-order valence-electron chi connectivity index (χ2n) is 4.97. The Morgan fingerprint density at radius 3 is 2.76 bits per heavy atom. The number of ether oxygens (including phenoxy) is 1. The van der Waals surface area contributed by atoms with Crippen molar-refractivity contribution in [2.45, 2.75) is 13.1 Å². The largest absolute Gasteiger partial charge is 0.496 e. The molecular formula is C17H17ClN2O. The molecule has 0 aliphatic rings. The summed E-state index contributed by atoms with van der Waals surface area (Å²) in [4.78, 5) is 0. The molecule has 0 atom stereocenters. The minimum absolute atomic E-state index is 0.504. The smallest absolute Gasteiger partial charge is 0.128 e. The summed E-state index contributed by atoms with van der Waals surface area (Å²) < 4.78 is 7.56. The van der Waals surface area contributed by atoms with Crippen LogP contribution in [0.3, 0.4) is 0 Å². The summed E-state index contributed by atoms with van der Waals surface area (Å²) in [6.07, 6.45) is 2.06. The van der Waals surface area contributed by atoms with Crippen LogP contribution < -0.4 is 10.5 Å². The molecule has 0 saturated heterocycles. The first-order chi connectivity index (χ1) is 10.2. The third-order valence-corrected chi connectivity index (χ3v) is 4.04. The molecule has 0 unspecified atom stereocenters. The van der Waals surface area contributed by atoms with E-state index >= 15 is 0 Å². The first kappa shape index (κ1) is 14.0. The van der Waals surface area contributed by atoms with Gasteiger partial charge in [0, 0.05) is 29.7 Å². The Balaban J connectivity index is 1.99. The zero-order valence-corrected chi connectivity index (χ0v) is 12.6. The lowest BCUT2D eigenvalue weighted by molar-refractivity contribution is 0.420. The molecular weight excluding hydrogens is 284 g/mol. The van der Waals surface area contributed by atoms with Gasteiger partial charge in [-0.2, -0.15) is 0 Å². The number of benzene rings is 2. The molecule has 0 fully saturated rings. The average Bonchev–Trinajstić information content (AvgIpc) is 2.92. The lowest BCUT2D eigenvalue weighted by atomic mass is 10.1. The van der Waals surface area contributed by atoms with E-state index < -0.39 is 0 Å². The highest BCUT2D eigenvalue weighted by Gasteiger charge is 2.08. The van der Waals surface area contributed by atoms with E-state index in [0.717, 1.165) is 39.3 Å². The van der Waals surface area contributed by atoms with Crippen LogP contribution in [-0.4, -0.2) is 11.7 Å². The van der Waals surface area contributed by atoms with Gasteiger partial charge in [-0.3, -0.25) is 0 Å². The lowest BCUT2D eigenvalue weighted by Gasteiger charge is -2.09. The van der Waals surface area contributed by atoms with Crippen molar-refractivity contribution in [1.29, 1.82) is 0 Å². The van der Waals surface area contributed by atoms with Crippen LogP contribution in [0.1, 0.15) is 11.1 Å². The molecule has 0 aliphatic heterocycles. The standard InChI is InChI=1S/C17H17ClN2O/c1-21-17-4-2-3-16-14(17)7-8-20(16)11-13-6-5-12(10-19)9-15(13)18/h2-9H,10-11,19H2,1H3. The number of hydrogen-bond donors (Lipinski definition) is 1. The van der Waals surface area contributed by atoms with Gasteiger partial charge in [0.25, 0.3) is 0 Å². The highest BCUT2D eigenvalue weighted by Crippen LogP contribution is 2.28. The van der Waals surface area contributed by atoms with Crippen molar-refractivity contribution in [3.63, 3.8) is 0 Å². The third-order valence-electron chi connectivity index (χ3n) is 3.69. The fourth-order valence-corrected chi connectivity index (χ4v) is 2.80. The predicted octanol–water partition coefficient (Wildman–Crippen LogP) is 3.81. The zero-order valence-electron chi connectivity index (χ0n) is 11.8. The predicted molar refractivity (Wildman–Crippen MR) is 86.9 cm³/mol. The van der Waals surface area contributed by atoms with E-state index in [1.165, 1.54) is 0 Å². The topological polar surface area (TPSA) is 40.2 Å². The highest BCUT2D eigenvalue weighted by atomic mass is 35.5. The number of methoxy groups -OCH3 is 1. The Hall–Kier alpha value is -1.97. The van der Waals surface area contributed by atoms with Crippen molar-refractivity contribution in [3.05, 3.63) is 64.8 Å². The lowest BCUT2D eigenvalue weighted by Crippen LogP contribution is -2.01. The van der Waals surface area contributed by atoms with Gasteiger partial charge in [0.05, 0.1) is 12.6 Å². The summed E-state index contributed by atoms with van der Waals surface area (Å²) in [5.41, 5.74) is 8.89. The summed E-state index contributed by atoms with van der Waals surface area (Å²) in [7, 11) is 1.69. The van der Waals surface area contributed by atoms with E-state index in [9.17, 15) is 0 Å². The van der Waals surface area contributed by atoms with Crippen LogP contribution in [0.4, 0.5) is 0 Å². The maximum absolute atomic E-state index is 6.34. The van der Waals surface area contributed by atoms with Crippen LogP contribution in [0.15, 0.2) is 48.7 Å². The van der Waals surface area contributed by atoms with Crippen LogP contribution in [0.5, 0.6) is 5.75 Å². The number of aromatic nitrogens is 1. The number of halogens is 1. The molecule has 108 valence electrons. The van der Waals surface area contributed by atoms with Gasteiger partial charge < -0.3 is 15.0 Å². The fraction of sp³-hybridized carbons (Fsp3) is 0.176. The van der Waals surface area contributed by atoms with E-state index in [1.54, 1.807) is 7.11 Å². The molecule has 2 aromatic carbocycles. The second kappa shape index (κ2) is 5.80. The van der Waals surface area contributed by atoms with Crippen molar-refractivity contribution in [2.75, 3.05) is 7.11 Å². The molecule has 0 spiro atoms. The Bertz CT molecular complexity index is 780. The van der Waals surface area contributed by atoms with E-state index in [-0.39, 0.29) is 0 Å². The average molecular weight is 301 g/mol. The summed E-state index contributed by atoms with van der Waals surface area (Å²) in [5, 5.41) is 1.86. The summed E-state index contributed by atoms with van der Waals surface area (Å²) in [6.45, 7) is 1.23. The summed E-state index contributed by atoms with van der Waals surface area (Å²) in [5.74, 6) is 0.885. The normalized spacial score (nSPS) is 11.0. The Labute approximate surface area is 128 Å². The van der Waals surface area contributed by atoms with Gasteiger partial charge in [-0.15, -0.1) is 0 Å². The minimum Gasteiger partial charge on any atom is -0.496 e. The van der Waals surface area contributed by atoms with E-state index in [0.29, 0.717) is 6.54 Å². The molecule has 0 bridgehead atoms. The van der Waals surface area contributed by atoms with Gasteiger partial charge in [0.1, 0.15) is 5.75 Å². The third kappa shape index (κ3) is 2.62. The Morgan fingerprint density at radius 2 is 2.05 bits per heavy atom. The van der Waals surface area contributed by atoms with Crippen LogP contribution in [0, 0.1) is 0 Å². The number of hydrogen-bond acceptors (Lipinski definition) is 2. The van der Waals surface area contributed by atoms with E-state index in [1.807, 2.05) is 30.3 Å². The van der Waals surface area contributed by atoms with Crippen molar-refractivity contribution in [1.82, 2.24) is 4.57 Å². The van der Waals surface area contributed by atoms with Crippen molar-refractivity contribution in [2.24, 2.45) is 5.73 Å². The van der Waals surface area contributed by atoms with Gasteiger partial charge in [-0.1, -0.05) is 29.8 Å². The van der Waals surface area contributed by atoms with E-state index in [4.69, 9.17) is 22.1 Å². The van der Waals surface area contributed by atoms with Gasteiger partial charge in [-0.25, -0.2) is 0 Å². The molecule has 0 aliphatic carbocycles. The zero-order chi connectivity index (χ0) is 14.8. The number of rotatable bonds is 4. The second-order valence-corrected chi connectivity index (χ2v) is 5.37. The van der Waals surface area contributed by atoms with Crippen molar-refractivity contribution >= 4 is 22.5 Å².